The molecule has 3 aliphatic rings. The van der Waals surface area contributed by atoms with Crippen LogP contribution in [-0.4, -0.2) is 58.5 Å². The molecule has 1 saturated heterocycles. The molecule has 9 heteroatoms. The van der Waals surface area contributed by atoms with E-state index in [1.165, 1.54) is 0 Å². The second kappa shape index (κ2) is 8.32. The highest BCUT2D eigenvalue weighted by atomic mass is 19.4. The van der Waals surface area contributed by atoms with Gasteiger partial charge in [0.25, 0.3) is 0 Å². The van der Waals surface area contributed by atoms with Gasteiger partial charge in [-0.2, -0.15) is 13.2 Å². The van der Waals surface area contributed by atoms with E-state index >= 15 is 0 Å². The molecule has 2 N–H and O–H groups in total. The zero-order valence-corrected chi connectivity index (χ0v) is 16.9. The van der Waals surface area contributed by atoms with E-state index in [1.807, 2.05) is 6.92 Å². The zero-order valence-electron chi connectivity index (χ0n) is 16.9. The Morgan fingerprint density at radius 1 is 1.17 bits per heavy atom. The minimum absolute atomic E-state index is 0.107. The number of unbranched alkanes of at least 4 members (excludes halogenated alkanes) is 1. The maximum absolute atomic E-state index is 12.9. The monoisotopic (exact) mass is 420 g/mol. The molecule has 1 heterocycles. The van der Waals surface area contributed by atoms with E-state index in [1.54, 1.807) is 4.90 Å². The number of hydrogen-bond acceptors (Lipinski definition) is 4. The Hall–Kier alpha value is -1.51. The third-order valence-electron chi connectivity index (χ3n) is 6.73. The molecule has 2 amide bonds. The average molecular weight is 420 g/mol. The molecule has 29 heavy (non-hydrogen) atoms. The van der Waals surface area contributed by atoms with Crippen molar-refractivity contribution in [1.82, 2.24) is 10.2 Å². The lowest BCUT2D eigenvalue weighted by atomic mass is 9.81. The number of aliphatic hydroxyl groups is 1. The van der Waals surface area contributed by atoms with Crippen LogP contribution in [0.15, 0.2) is 0 Å². The number of halogens is 3. The van der Waals surface area contributed by atoms with Crippen LogP contribution in [0.1, 0.15) is 71.1 Å². The molecule has 0 aromatic rings. The van der Waals surface area contributed by atoms with Gasteiger partial charge in [-0.05, 0) is 57.8 Å². The van der Waals surface area contributed by atoms with Crippen LogP contribution in [0.2, 0.25) is 0 Å². The molecule has 3 fully saturated rings. The summed E-state index contributed by atoms with van der Waals surface area (Å²) in [5, 5.41) is 12.6. The van der Waals surface area contributed by atoms with Crippen molar-refractivity contribution in [3.8, 4) is 0 Å². The number of hydrogen-bond donors (Lipinski definition) is 2. The van der Waals surface area contributed by atoms with Crippen LogP contribution < -0.4 is 5.32 Å². The number of piperidine rings is 1. The van der Waals surface area contributed by atoms with Gasteiger partial charge >= 0.3 is 12.3 Å². The molecule has 0 radical (unpaired) electrons. The molecule has 2 saturated carbocycles. The van der Waals surface area contributed by atoms with Crippen molar-refractivity contribution >= 4 is 12.0 Å². The summed E-state index contributed by atoms with van der Waals surface area (Å²) in [6.07, 6.45) is -0.969. The molecule has 0 aromatic carbocycles. The molecule has 1 spiro atoms. The first-order valence-electron chi connectivity index (χ1n) is 10.6. The van der Waals surface area contributed by atoms with Gasteiger partial charge in [0.2, 0.25) is 5.91 Å². The van der Waals surface area contributed by atoms with Gasteiger partial charge in [0.1, 0.15) is 0 Å². The molecule has 6 nitrogen and oxygen atoms in total. The minimum Gasteiger partial charge on any atom is -0.449 e. The molecular weight excluding hydrogens is 389 g/mol. The highest BCUT2D eigenvalue weighted by Gasteiger charge is 2.56. The minimum atomic E-state index is -4.64. The van der Waals surface area contributed by atoms with Crippen molar-refractivity contribution in [1.29, 1.82) is 0 Å². The van der Waals surface area contributed by atoms with E-state index in [0.717, 1.165) is 25.7 Å². The Kier molecular flexibility index (Phi) is 6.36. The molecule has 2 aliphatic carbocycles. The Bertz CT molecular complexity index is 613. The van der Waals surface area contributed by atoms with Crippen LogP contribution in [0.4, 0.5) is 18.0 Å². The number of carbonyl (C=O) groups excluding carboxylic acids is 2. The third kappa shape index (κ3) is 4.81. The summed E-state index contributed by atoms with van der Waals surface area (Å²) in [4.78, 5) is 26.8. The number of nitrogens with one attached hydrogen (secondary N) is 1. The average Bonchev–Trinajstić information content (AvgIpc) is 3.42. The summed E-state index contributed by atoms with van der Waals surface area (Å²) >= 11 is 0. The second-order valence-electron chi connectivity index (χ2n) is 8.85. The summed E-state index contributed by atoms with van der Waals surface area (Å²) in [6, 6.07) is -0.350. The van der Waals surface area contributed by atoms with Gasteiger partial charge in [-0.3, -0.25) is 4.79 Å². The van der Waals surface area contributed by atoms with Crippen LogP contribution in [-0.2, 0) is 9.53 Å². The second-order valence-corrected chi connectivity index (χ2v) is 8.85. The fraction of sp³-hybridized carbons (Fsp3) is 0.900. The van der Waals surface area contributed by atoms with E-state index in [0.29, 0.717) is 26.0 Å². The van der Waals surface area contributed by atoms with Gasteiger partial charge in [0.05, 0.1) is 6.61 Å². The molecular formula is C20H31F3N2O4. The maximum atomic E-state index is 12.9. The molecule has 1 aliphatic heterocycles. The lowest BCUT2D eigenvalue weighted by Gasteiger charge is -2.40. The highest BCUT2D eigenvalue weighted by molar-refractivity contribution is 5.80. The Morgan fingerprint density at radius 3 is 2.38 bits per heavy atom. The summed E-state index contributed by atoms with van der Waals surface area (Å²) < 4.78 is 44.1. The molecule has 166 valence electrons. The normalized spacial score (nSPS) is 31.4. The summed E-state index contributed by atoms with van der Waals surface area (Å²) in [6.45, 7) is 2.88. The molecule has 1 unspecified atom stereocenters. The number of carbonyl (C=O) groups is 2. The Labute approximate surface area is 169 Å². The summed E-state index contributed by atoms with van der Waals surface area (Å²) in [5.41, 5.74) is -2.94. The first-order valence-corrected chi connectivity index (χ1v) is 10.6. The van der Waals surface area contributed by atoms with Crippen molar-refractivity contribution in [3.63, 3.8) is 0 Å². The van der Waals surface area contributed by atoms with Gasteiger partial charge in [-0.1, -0.05) is 13.3 Å². The topological polar surface area (TPSA) is 78.9 Å². The number of likely N-dealkylation sites (tertiary alicyclic amines) is 1. The van der Waals surface area contributed by atoms with Crippen molar-refractivity contribution in [3.05, 3.63) is 0 Å². The number of rotatable bonds is 5. The molecule has 0 aromatic heterocycles. The molecule has 0 bridgehead atoms. The fourth-order valence-corrected chi connectivity index (χ4v) is 4.54. The quantitative estimate of drug-likeness (QED) is 0.667. The van der Waals surface area contributed by atoms with Crippen LogP contribution in [0.3, 0.4) is 0 Å². The fourth-order valence-electron chi connectivity index (χ4n) is 4.54. The number of amides is 2. The van der Waals surface area contributed by atoms with Gasteiger partial charge < -0.3 is 20.1 Å². The molecule has 1 atom stereocenters. The predicted molar refractivity (Wildman–Crippen MR) is 99.1 cm³/mol. The summed E-state index contributed by atoms with van der Waals surface area (Å²) in [5.74, 6) is -0.404. The first kappa shape index (κ1) is 22.2. The van der Waals surface area contributed by atoms with Crippen LogP contribution in [0.5, 0.6) is 0 Å². The van der Waals surface area contributed by atoms with Gasteiger partial charge in [-0.25, -0.2) is 4.79 Å². The number of nitrogens with zero attached hydrogens (tertiary/aromatic N) is 1. The van der Waals surface area contributed by atoms with E-state index in [-0.39, 0.29) is 42.3 Å². The lowest BCUT2D eigenvalue weighted by Crippen LogP contribution is -2.54. The zero-order chi connectivity index (χ0) is 21.3. The van der Waals surface area contributed by atoms with E-state index in [2.05, 4.69) is 5.32 Å². The van der Waals surface area contributed by atoms with Gasteiger partial charge in [0, 0.05) is 24.0 Å². The smallest absolute Gasteiger partial charge is 0.417 e. The predicted octanol–water partition coefficient (Wildman–Crippen LogP) is 3.52. The first-order chi connectivity index (χ1) is 13.6. The van der Waals surface area contributed by atoms with Crippen molar-refractivity contribution in [2.24, 2.45) is 5.92 Å². The van der Waals surface area contributed by atoms with E-state index < -0.39 is 24.6 Å². The van der Waals surface area contributed by atoms with Gasteiger partial charge in [0.15, 0.2) is 5.60 Å². The highest BCUT2D eigenvalue weighted by Crippen LogP contribution is 2.50. The Balaban J connectivity index is 1.48. The van der Waals surface area contributed by atoms with Crippen LogP contribution >= 0.6 is 0 Å². The number of alkyl halides is 3. The van der Waals surface area contributed by atoms with Crippen LogP contribution in [0, 0.1) is 5.92 Å². The van der Waals surface area contributed by atoms with Gasteiger partial charge in [-0.15, -0.1) is 0 Å². The van der Waals surface area contributed by atoms with Crippen LogP contribution in [0.25, 0.3) is 0 Å². The van der Waals surface area contributed by atoms with E-state index in [9.17, 15) is 27.9 Å². The SMILES string of the molecule is CCCCOC(=O)N1CCC(C(=O)NC2CCC(O)(C(F)(F)F)CC2)CC12CC2. The van der Waals surface area contributed by atoms with Crippen molar-refractivity contribution in [2.75, 3.05) is 13.2 Å². The Morgan fingerprint density at radius 2 is 1.83 bits per heavy atom. The maximum Gasteiger partial charge on any atom is 0.417 e. The molecule has 3 rings (SSSR count). The summed E-state index contributed by atoms with van der Waals surface area (Å²) in [7, 11) is 0. The largest absolute Gasteiger partial charge is 0.449 e. The van der Waals surface area contributed by atoms with Crippen molar-refractivity contribution < 1.29 is 32.6 Å². The number of ether oxygens (including phenoxy) is 1. The van der Waals surface area contributed by atoms with E-state index in [4.69, 9.17) is 4.74 Å². The standard InChI is InChI=1S/C20H31F3N2O4/c1-2-3-12-29-17(27)25-11-6-14(13-18(25)9-10-18)16(26)24-15-4-7-19(28,8-5-15)20(21,22)23/h14-15,28H,2-13H2,1H3,(H,24,26). The van der Waals surface area contributed by atoms with Crippen molar-refractivity contribution in [2.45, 2.75) is 94.5 Å². The third-order valence-corrected chi connectivity index (χ3v) is 6.73. The lowest BCUT2D eigenvalue weighted by molar-refractivity contribution is -0.270.